The maximum atomic E-state index is 12.9. The number of ether oxygens (including phenoxy) is 2. The third kappa shape index (κ3) is 5.45. The lowest BCUT2D eigenvalue weighted by Gasteiger charge is -2.10. The van der Waals surface area contributed by atoms with Crippen LogP contribution in [0.4, 0.5) is 10.2 Å². The molecule has 0 bridgehead atoms. The van der Waals surface area contributed by atoms with E-state index in [1.54, 1.807) is 42.9 Å². The van der Waals surface area contributed by atoms with E-state index in [1.807, 2.05) is 12.1 Å². The Morgan fingerprint density at radius 2 is 1.74 bits per heavy atom. The van der Waals surface area contributed by atoms with Gasteiger partial charge in [-0.25, -0.2) is 9.37 Å². The summed E-state index contributed by atoms with van der Waals surface area (Å²) >= 11 is 0. The normalized spacial score (nSPS) is 10.5. The molecule has 1 aromatic carbocycles. The molecule has 4 rings (SSSR count). The van der Waals surface area contributed by atoms with Crippen LogP contribution in [0.25, 0.3) is 0 Å². The Labute approximate surface area is 177 Å². The van der Waals surface area contributed by atoms with Crippen LogP contribution in [0.1, 0.15) is 21.9 Å². The Morgan fingerprint density at radius 3 is 2.55 bits per heavy atom. The molecule has 0 saturated heterocycles. The maximum Gasteiger partial charge on any atom is 0.292 e. The number of furan rings is 1. The van der Waals surface area contributed by atoms with Crippen molar-refractivity contribution in [2.45, 2.75) is 13.2 Å². The SMILES string of the molecule is O=C(Nc1ncccc1OCc1ccncc1)c1ccc(COc2ccc(F)cc2)o1. The molecular formula is C23H18FN3O4. The smallest absolute Gasteiger partial charge is 0.292 e. The van der Waals surface area contributed by atoms with Crippen molar-refractivity contribution in [3.05, 3.63) is 102 Å². The molecule has 0 unspecified atom stereocenters. The molecule has 0 aliphatic rings. The van der Waals surface area contributed by atoms with E-state index in [1.165, 1.54) is 24.3 Å². The molecule has 0 radical (unpaired) electrons. The highest BCUT2D eigenvalue weighted by Crippen LogP contribution is 2.23. The Kier molecular flexibility index (Phi) is 6.18. The Morgan fingerprint density at radius 1 is 0.935 bits per heavy atom. The predicted octanol–water partition coefficient (Wildman–Crippen LogP) is 4.62. The summed E-state index contributed by atoms with van der Waals surface area (Å²) in [5, 5.41) is 2.69. The minimum absolute atomic E-state index is 0.1000. The predicted molar refractivity (Wildman–Crippen MR) is 110 cm³/mol. The fourth-order valence-electron chi connectivity index (χ4n) is 2.67. The van der Waals surface area contributed by atoms with Crippen molar-refractivity contribution in [1.82, 2.24) is 9.97 Å². The molecule has 0 aliphatic carbocycles. The maximum absolute atomic E-state index is 12.9. The van der Waals surface area contributed by atoms with E-state index in [2.05, 4.69) is 15.3 Å². The molecule has 8 heteroatoms. The van der Waals surface area contributed by atoms with Gasteiger partial charge in [0.25, 0.3) is 5.91 Å². The van der Waals surface area contributed by atoms with Gasteiger partial charge in [0.1, 0.15) is 30.5 Å². The zero-order valence-electron chi connectivity index (χ0n) is 16.3. The summed E-state index contributed by atoms with van der Waals surface area (Å²) in [7, 11) is 0. The summed E-state index contributed by atoms with van der Waals surface area (Å²) < 4.78 is 29.8. The van der Waals surface area contributed by atoms with E-state index in [-0.39, 0.29) is 24.0 Å². The van der Waals surface area contributed by atoms with Crippen LogP contribution in [-0.2, 0) is 13.2 Å². The van der Waals surface area contributed by atoms with Crippen molar-refractivity contribution >= 4 is 11.7 Å². The molecule has 1 amide bonds. The molecular weight excluding hydrogens is 401 g/mol. The average molecular weight is 419 g/mol. The topological polar surface area (TPSA) is 86.5 Å². The molecule has 3 aromatic heterocycles. The lowest BCUT2D eigenvalue weighted by molar-refractivity contribution is 0.0991. The molecule has 156 valence electrons. The fraction of sp³-hybridized carbons (Fsp3) is 0.0870. The van der Waals surface area contributed by atoms with Crippen LogP contribution in [0.15, 0.2) is 83.7 Å². The van der Waals surface area contributed by atoms with Gasteiger partial charge in [-0.2, -0.15) is 0 Å². The summed E-state index contributed by atoms with van der Waals surface area (Å²) in [4.78, 5) is 20.7. The van der Waals surface area contributed by atoms with Crippen molar-refractivity contribution in [1.29, 1.82) is 0 Å². The van der Waals surface area contributed by atoms with Gasteiger partial charge in [-0.15, -0.1) is 0 Å². The third-order valence-electron chi connectivity index (χ3n) is 4.23. The van der Waals surface area contributed by atoms with Crippen LogP contribution in [0, 0.1) is 5.82 Å². The number of carbonyl (C=O) groups is 1. The zero-order valence-corrected chi connectivity index (χ0v) is 16.3. The summed E-state index contributed by atoms with van der Waals surface area (Å²) in [6.45, 7) is 0.408. The second kappa shape index (κ2) is 9.53. The van der Waals surface area contributed by atoms with Gasteiger partial charge in [0.2, 0.25) is 0 Å². The average Bonchev–Trinajstić information content (AvgIpc) is 3.28. The summed E-state index contributed by atoms with van der Waals surface area (Å²) in [5.41, 5.74) is 0.938. The number of halogens is 1. The standard InChI is InChI=1S/C23H18FN3O4/c24-17-3-5-18(6-4-17)29-15-19-7-8-21(31-19)23(28)27-22-20(2-1-11-26-22)30-14-16-9-12-25-13-10-16/h1-13H,14-15H2,(H,26,27,28). The number of hydrogen-bond donors (Lipinski definition) is 1. The fourth-order valence-corrected chi connectivity index (χ4v) is 2.67. The van der Waals surface area contributed by atoms with Gasteiger partial charge in [0, 0.05) is 18.6 Å². The van der Waals surface area contributed by atoms with Crippen molar-refractivity contribution in [2.24, 2.45) is 0 Å². The molecule has 1 N–H and O–H groups in total. The van der Waals surface area contributed by atoms with Gasteiger partial charge in [-0.05, 0) is 66.2 Å². The van der Waals surface area contributed by atoms with E-state index < -0.39 is 5.91 Å². The van der Waals surface area contributed by atoms with Crippen molar-refractivity contribution < 1.29 is 23.1 Å². The van der Waals surface area contributed by atoms with Crippen LogP contribution in [0.2, 0.25) is 0 Å². The quantitative estimate of drug-likeness (QED) is 0.449. The monoisotopic (exact) mass is 419 g/mol. The van der Waals surface area contributed by atoms with Gasteiger partial charge < -0.3 is 19.2 Å². The molecule has 0 spiro atoms. The summed E-state index contributed by atoms with van der Waals surface area (Å²) in [6.07, 6.45) is 4.91. The van der Waals surface area contributed by atoms with Crippen LogP contribution in [0.3, 0.4) is 0 Å². The van der Waals surface area contributed by atoms with Crippen LogP contribution >= 0.6 is 0 Å². The van der Waals surface area contributed by atoms with Gasteiger partial charge in [-0.1, -0.05) is 0 Å². The first kappa shape index (κ1) is 20.1. The van der Waals surface area contributed by atoms with Crippen molar-refractivity contribution in [3.8, 4) is 11.5 Å². The number of pyridine rings is 2. The van der Waals surface area contributed by atoms with Gasteiger partial charge >= 0.3 is 0 Å². The number of rotatable bonds is 8. The first-order chi connectivity index (χ1) is 15.2. The summed E-state index contributed by atoms with van der Waals surface area (Å²) in [6, 6.07) is 15.9. The van der Waals surface area contributed by atoms with E-state index in [9.17, 15) is 9.18 Å². The van der Waals surface area contributed by atoms with Gasteiger partial charge in [-0.3, -0.25) is 9.78 Å². The molecule has 0 saturated carbocycles. The lowest BCUT2D eigenvalue weighted by atomic mass is 10.3. The van der Waals surface area contributed by atoms with Crippen LogP contribution < -0.4 is 14.8 Å². The van der Waals surface area contributed by atoms with E-state index in [0.29, 0.717) is 23.9 Å². The molecule has 4 aromatic rings. The van der Waals surface area contributed by atoms with Crippen LogP contribution in [-0.4, -0.2) is 15.9 Å². The molecule has 0 atom stereocenters. The molecule has 0 fully saturated rings. The van der Waals surface area contributed by atoms with E-state index in [0.717, 1.165) is 5.56 Å². The highest BCUT2D eigenvalue weighted by atomic mass is 19.1. The number of aromatic nitrogens is 2. The number of anilines is 1. The highest BCUT2D eigenvalue weighted by Gasteiger charge is 2.15. The molecule has 3 heterocycles. The van der Waals surface area contributed by atoms with E-state index in [4.69, 9.17) is 13.9 Å². The first-order valence-electron chi connectivity index (χ1n) is 9.42. The number of nitrogens with one attached hydrogen (secondary N) is 1. The number of hydrogen-bond acceptors (Lipinski definition) is 6. The molecule has 7 nitrogen and oxygen atoms in total. The first-order valence-corrected chi connectivity index (χ1v) is 9.42. The van der Waals surface area contributed by atoms with Crippen LogP contribution in [0.5, 0.6) is 11.5 Å². The third-order valence-corrected chi connectivity index (χ3v) is 4.23. The molecule has 0 aliphatic heterocycles. The number of carbonyl (C=O) groups excluding carboxylic acids is 1. The van der Waals surface area contributed by atoms with Crippen molar-refractivity contribution in [2.75, 3.05) is 5.32 Å². The Hall–Kier alpha value is -4.20. The Bertz CT molecular complexity index is 1150. The number of amides is 1. The second-order valence-corrected chi connectivity index (χ2v) is 6.46. The Balaban J connectivity index is 1.37. The van der Waals surface area contributed by atoms with Gasteiger partial charge in [0.15, 0.2) is 17.3 Å². The number of nitrogens with zero attached hydrogens (tertiary/aromatic N) is 2. The summed E-state index contributed by atoms with van der Waals surface area (Å²) in [5.74, 6) is 0.936. The zero-order chi connectivity index (χ0) is 21.5. The van der Waals surface area contributed by atoms with E-state index >= 15 is 0 Å². The highest BCUT2D eigenvalue weighted by molar-refractivity contribution is 6.02. The van der Waals surface area contributed by atoms with Gasteiger partial charge in [0.05, 0.1) is 0 Å². The lowest BCUT2D eigenvalue weighted by Crippen LogP contribution is -2.13. The second-order valence-electron chi connectivity index (χ2n) is 6.46. The minimum atomic E-state index is -0.472. The van der Waals surface area contributed by atoms with Crippen molar-refractivity contribution in [3.63, 3.8) is 0 Å². The molecule has 31 heavy (non-hydrogen) atoms. The minimum Gasteiger partial charge on any atom is -0.486 e. The largest absolute Gasteiger partial charge is 0.486 e. The number of benzene rings is 1.